The van der Waals surface area contributed by atoms with Gasteiger partial charge >= 0.3 is 12.0 Å². The van der Waals surface area contributed by atoms with Crippen LogP contribution in [0.2, 0.25) is 0 Å². The zero-order chi connectivity index (χ0) is 15.4. The van der Waals surface area contributed by atoms with E-state index < -0.39 is 12.0 Å². The third-order valence-corrected chi connectivity index (χ3v) is 3.13. The molecule has 1 atom stereocenters. The van der Waals surface area contributed by atoms with Gasteiger partial charge in [0.1, 0.15) is 6.04 Å². The minimum absolute atomic E-state index is 0.231. The normalized spacial score (nSPS) is 12.2. The number of unbranched alkanes of at least 4 members (excludes halogenated alkanes) is 5. The summed E-state index contributed by atoms with van der Waals surface area (Å²) in [6.07, 6.45) is 7.43. The van der Waals surface area contributed by atoms with E-state index in [2.05, 4.69) is 17.6 Å². The highest BCUT2D eigenvalue weighted by Crippen LogP contribution is 2.05. The molecular formula is C15H30N2O3. The van der Waals surface area contributed by atoms with Crippen molar-refractivity contribution in [2.45, 2.75) is 71.8 Å². The third-order valence-electron chi connectivity index (χ3n) is 3.13. The van der Waals surface area contributed by atoms with Crippen molar-refractivity contribution in [1.82, 2.24) is 10.6 Å². The minimum Gasteiger partial charge on any atom is -0.480 e. The van der Waals surface area contributed by atoms with Crippen LogP contribution >= 0.6 is 0 Å². The van der Waals surface area contributed by atoms with E-state index in [4.69, 9.17) is 5.11 Å². The van der Waals surface area contributed by atoms with E-state index in [0.29, 0.717) is 13.0 Å². The van der Waals surface area contributed by atoms with Crippen molar-refractivity contribution in [3.63, 3.8) is 0 Å². The lowest BCUT2D eigenvalue weighted by Crippen LogP contribution is -2.46. The molecule has 0 bridgehead atoms. The lowest BCUT2D eigenvalue weighted by atomic mass is 10.0. The molecule has 0 spiro atoms. The zero-order valence-electron chi connectivity index (χ0n) is 13.1. The van der Waals surface area contributed by atoms with Crippen LogP contribution in [-0.4, -0.2) is 29.7 Å². The molecule has 0 radical (unpaired) electrons. The van der Waals surface area contributed by atoms with Gasteiger partial charge in [-0.2, -0.15) is 0 Å². The Morgan fingerprint density at radius 1 is 1.05 bits per heavy atom. The predicted molar refractivity (Wildman–Crippen MR) is 80.8 cm³/mol. The van der Waals surface area contributed by atoms with Crippen molar-refractivity contribution >= 4 is 12.0 Å². The molecule has 0 aromatic carbocycles. The van der Waals surface area contributed by atoms with Crippen molar-refractivity contribution in [2.75, 3.05) is 6.54 Å². The van der Waals surface area contributed by atoms with Crippen LogP contribution in [0.4, 0.5) is 4.79 Å². The first kappa shape index (κ1) is 18.7. The molecular weight excluding hydrogens is 256 g/mol. The molecule has 0 aliphatic carbocycles. The van der Waals surface area contributed by atoms with Crippen molar-refractivity contribution in [2.24, 2.45) is 5.92 Å². The second-order valence-corrected chi connectivity index (χ2v) is 5.69. The monoisotopic (exact) mass is 286 g/mol. The fourth-order valence-corrected chi connectivity index (χ4v) is 2.01. The molecule has 2 amide bonds. The summed E-state index contributed by atoms with van der Waals surface area (Å²) >= 11 is 0. The van der Waals surface area contributed by atoms with Gasteiger partial charge in [-0.1, -0.05) is 52.9 Å². The van der Waals surface area contributed by atoms with Crippen LogP contribution < -0.4 is 10.6 Å². The van der Waals surface area contributed by atoms with E-state index in [-0.39, 0.29) is 11.9 Å². The molecule has 3 N–H and O–H groups in total. The highest BCUT2D eigenvalue weighted by Gasteiger charge is 2.20. The predicted octanol–water partition coefficient (Wildman–Crippen LogP) is 3.15. The summed E-state index contributed by atoms with van der Waals surface area (Å²) in [4.78, 5) is 22.6. The van der Waals surface area contributed by atoms with Gasteiger partial charge in [0.05, 0.1) is 0 Å². The summed E-state index contributed by atoms with van der Waals surface area (Å²) in [5.41, 5.74) is 0. The van der Waals surface area contributed by atoms with Crippen LogP contribution in [0.3, 0.4) is 0 Å². The van der Waals surface area contributed by atoms with Crippen molar-refractivity contribution in [3.8, 4) is 0 Å². The summed E-state index contributed by atoms with van der Waals surface area (Å²) in [6, 6.07) is -1.19. The Morgan fingerprint density at radius 2 is 1.65 bits per heavy atom. The number of amides is 2. The van der Waals surface area contributed by atoms with Crippen LogP contribution in [0.5, 0.6) is 0 Å². The summed E-state index contributed by atoms with van der Waals surface area (Å²) in [6.45, 7) is 6.66. The SMILES string of the molecule is CCCCCCCCNC(=O)N[C@@H](CC(C)C)C(=O)O. The van der Waals surface area contributed by atoms with E-state index in [1.54, 1.807) is 0 Å². The van der Waals surface area contributed by atoms with Gasteiger partial charge in [-0.3, -0.25) is 0 Å². The summed E-state index contributed by atoms with van der Waals surface area (Å²) < 4.78 is 0. The highest BCUT2D eigenvalue weighted by atomic mass is 16.4. The van der Waals surface area contributed by atoms with Crippen molar-refractivity contribution < 1.29 is 14.7 Å². The standard InChI is InChI=1S/C15H30N2O3/c1-4-5-6-7-8-9-10-16-15(20)17-13(14(18)19)11-12(2)3/h12-13H,4-11H2,1-3H3,(H,18,19)(H2,16,17,20)/t13-/m0/s1. The van der Waals surface area contributed by atoms with Crippen LogP contribution in [0.15, 0.2) is 0 Å². The number of rotatable bonds is 11. The smallest absolute Gasteiger partial charge is 0.326 e. The molecule has 0 rings (SSSR count). The van der Waals surface area contributed by atoms with E-state index in [0.717, 1.165) is 12.8 Å². The number of aliphatic carboxylic acids is 1. The van der Waals surface area contributed by atoms with E-state index in [1.807, 2.05) is 13.8 Å². The molecule has 0 aromatic heterocycles. The quantitative estimate of drug-likeness (QED) is 0.510. The Bertz CT molecular complexity index is 280. The lowest BCUT2D eigenvalue weighted by Gasteiger charge is -2.16. The molecule has 0 saturated carbocycles. The molecule has 0 aliphatic rings. The highest BCUT2D eigenvalue weighted by molar-refractivity contribution is 5.82. The Kier molecular flexibility index (Phi) is 10.8. The number of carbonyl (C=O) groups excluding carboxylic acids is 1. The third kappa shape index (κ3) is 10.6. The van der Waals surface area contributed by atoms with Gasteiger partial charge in [-0.25, -0.2) is 9.59 Å². The van der Waals surface area contributed by atoms with E-state index in [1.165, 1.54) is 25.7 Å². The van der Waals surface area contributed by atoms with Gasteiger partial charge in [-0.15, -0.1) is 0 Å². The second kappa shape index (κ2) is 11.6. The first-order chi connectivity index (χ1) is 9.47. The Labute approximate surface area is 122 Å². The molecule has 5 nitrogen and oxygen atoms in total. The molecule has 5 heteroatoms. The molecule has 0 heterocycles. The van der Waals surface area contributed by atoms with Crippen LogP contribution in [0.1, 0.15) is 65.7 Å². The number of carbonyl (C=O) groups is 2. The van der Waals surface area contributed by atoms with Crippen molar-refractivity contribution in [1.29, 1.82) is 0 Å². The van der Waals surface area contributed by atoms with E-state index >= 15 is 0 Å². The van der Waals surface area contributed by atoms with E-state index in [9.17, 15) is 9.59 Å². The number of hydrogen-bond donors (Lipinski definition) is 3. The number of nitrogens with one attached hydrogen (secondary N) is 2. The first-order valence-electron chi connectivity index (χ1n) is 7.74. The lowest BCUT2D eigenvalue weighted by molar-refractivity contribution is -0.139. The van der Waals surface area contributed by atoms with Crippen LogP contribution in [0.25, 0.3) is 0 Å². The molecule has 0 unspecified atom stereocenters. The molecule has 0 fully saturated rings. The largest absolute Gasteiger partial charge is 0.480 e. The molecule has 0 aromatic rings. The van der Waals surface area contributed by atoms with Crippen molar-refractivity contribution in [3.05, 3.63) is 0 Å². The minimum atomic E-state index is -0.978. The number of hydrogen-bond acceptors (Lipinski definition) is 2. The zero-order valence-corrected chi connectivity index (χ0v) is 13.1. The fourth-order valence-electron chi connectivity index (χ4n) is 2.01. The van der Waals surface area contributed by atoms with Gasteiger partial charge < -0.3 is 15.7 Å². The maximum Gasteiger partial charge on any atom is 0.326 e. The Morgan fingerprint density at radius 3 is 2.20 bits per heavy atom. The Hall–Kier alpha value is -1.26. The first-order valence-corrected chi connectivity index (χ1v) is 7.74. The maximum atomic E-state index is 11.6. The second-order valence-electron chi connectivity index (χ2n) is 5.69. The summed E-state index contributed by atoms with van der Waals surface area (Å²) in [5, 5.41) is 14.2. The topological polar surface area (TPSA) is 78.4 Å². The van der Waals surface area contributed by atoms with Gasteiger partial charge in [0.2, 0.25) is 0 Å². The summed E-state index contributed by atoms with van der Waals surface area (Å²) in [7, 11) is 0. The number of carboxylic acid groups (broad SMARTS) is 1. The van der Waals surface area contributed by atoms with Gasteiger partial charge in [-0.05, 0) is 18.8 Å². The molecule has 0 aliphatic heterocycles. The average molecular weight is 286 g/mol. The molecule has 0 saturated heterocycles. The van der Waals surface area contributed by atoms with Gasteiger partial charge in [0, 0.05) is 6.54 Å². The van der Waals surface area contributed by atoms with Gasteiger partial charge in [0.25, 0.3) is 0 Å². The number of urea groups is 1. The molecule has 20 heavy (non-hydrogen) atoms. The fraction of sp³-hybridized carbons (Fsp3) is 0.867. The Balaban J connectivity index is 3.72. The summed E-state index contributed by atoms with van der Waals surface area (Å²) in [5.74, 6) is -0.747. The number of carboxylic acids is 1. The van der Waals surface area contributed by atoms with Crippen LogP contribution in [0, 0.1) is 5.92 Å². The van der Waals surface area contributed by atoms with Crippen LogP contribution in [-0.2, 0) is 4.79 Å². The van der Waals surface area contributed by atoms with Gasteiger partial charge in [0.15, 0.2) is 0 Å². The molecule has 118 valence electrons. The maximum absolute atomic E-state index is 11.6. The average Bonchev–Trinajstić information content (AvgIpc) is 2.36.